The van der Waals surface area contributed by atoms with Crippen molar-refractivity contribution >= 4 is 11.8 Å². The van der Waals surface area contributed by atoms with Gasteiger partial charge in [-0.2, -0.15) is 0 Å². The van der Waals surface area contributed by atoms with Gasteiger partial charge in [0.25, 0.3) is 0 Å². The second kappa shape index (κ2) is 7.41. The van der Waals surface area contributed by atoms with E-state index in [2.05, 4.69) is 54.3 Å². The molecule has 1 heterocycles. The molecule has 1 aromatic heterocycles. The quantitative estimate of drug-likeness (QED) is 0.822. The molecular weight excluding hydrogens is 266 g/mol. The van der Waals surface area contributed by atoms with Crippen LogP contribution in [0.3, 0.4) is 0 Å². The maximum atomic E-state index is 4.25. The first-order valence-electron chi connectivity index (χ1n) is 6.89. The molecule has 4 heteroatoms. The van der Waals surface area contributed by atoms with Gasteiger partial charge in [-0.1, -0.05) is 37.7 Å². The summed E-state index contributed by atoms with van der Waals surface area (Å²) >= 11 is 1.68. The number of benzene rings is 1. The highest BCUT2D eigenvalue weighted by atomic mass is 32.2. The molecular formula is C16H21N3S. The van der Waals surface area contributed by atoms with Crippen LogP contribution in [-0.4, -0.2) is 16.5 Å². The molecule has 0 aliphatic rings. The highest BCUT2D eigenvalue weighted by Gasteiger charge is 2.04. The lowest BCUT2D eigenvalue weighted by molar-refractivity contribution is 0.552. The molecule has 0 atom stereocenters. The molecule has 0 saturated heterocycles. The van der Waals surface area contributed by atoms with Crippen LogP contribution < -0.4 is 5.32 Å². The molecule has 0 bridgehead atoms. The van der Waals surface area contributed by atoms with Crippen molar-refractivity contribution in [2.24, 2.45) is 5.92 Å². The van der Waals surface area contributed by atoms with E-state index in [1.807, 2.05) is 6.07 Å². The molecule has 106 valence electrons. The molecule has 0 saturated carbocycles. The van der Waals surface area contributed by atoms with Crippen molar-refractivity contribution in [2.45, 2.75) is 37.2 Å². The van der Waals surface area contributed by atoms with E-state index >= 15 is 0 Å². The van der Waals surface area contributed by atoms with E-state index in [1.165, 1.54) is 16.0 Å². The highest BCUT2D eigenvalue weighted by molar-refractivity contribution is 7.99. The van der Waals surface area contributed by atoms with Crippen molar-refractivity contribution in [3.8, 4) is 0 Å². The van der Waals surface area contributed by atoms with Crippen LogP contribution >= 0.6 is 11.8 Å². The lowest BCUT2D eigenvalue weighted by atomic mass is 10.1. The fraction of sp³-hybridized carbons (Fsp3) is 0.375. The van der Waals surface area contributed by atoms with Gasteiger partial charge in [0.05, 0.1) is 0 Å². The first-order valence-corrected chi connectivity index (χ1v) is 7.71. The van der Waals surface area contributed by atoms with Gasteiger partial charge in [0.1, 0.15) is 11.4 Å². The van der Waals surface area contributed by atoms with Crippen LogP contribution in [0.5, 0.6) is 0 Å². The second-order valence-electron chi connectivity index (χ2n) is 5.27. The Hall–Kier alpha value is -1.39. The third-order valence-corrected chi connectivity index (χ3v) is 4.02. The van der Waals surface area contributed by atoms with Crippen LogP contribution in [0.1, 0.15) is 25.0 Å². The summed E-state index contributed by atoms with van der Waals surface area (Å²) in [7, 11) is 0. The molecule has 3 nitrogen and oxygen atoms in total. The Morgan fingerprint density at radius 2 is 2.10 bits per heavy atom. The van der Waals surface area contributed by atoms with Crippen LogP contribution in [-0.2, 0) is 6.54 Å². The molecule has 1 N–H and O–H groups in total. The summed E-state index contributed by atoms with van der Waals surface area (Å²) < 4.78 is 0. The van der Waals surface area contributed by atoms with Gasteiger partial charge in [0, 0.05) is 17.6 Å². The molecule has 1 aromatic carbocycles. The van der Waals surface area contributed by atoms with Crippen LogP contribution in [0, 0.1) is 12.8 Å². The van der Waals surface area contributed by atoms with E-state index in [-0.39, 0.29) is 0 Å². The average molecular weight is 287 g/mol. The number of nitrogens with zero attached hydrogens (tertiary/aromatic N) is 2. The Morgan fingerprint density at radius 1 is 1.25 bits per heavy atom. The topological polar surface area (TPSA) is 37.8 Å². The summed E-state index contributed by atoms with van der Waals surface area (Å²) in [5.74, 6) is 0.684. The molecule has 2 aromatic rings. The summed E-state index contributed by atoms with van der Waals surface area (Å²) in [4.78, 5) is 9.43. The van der Waals surface area contributed by atoms with Crippen LogP contribution in [0.15, 0.2) is 46.7 Å². The van der Waals surface area contributed by atoms with Gasteiger partial charge in [-0.15, -0.1) is 0 Å². The lowest BCUT2D eigenvalue weighted by Gasteiger charge is -2.10. The molecule has 0 aliphatic heterocycles. The Bertz CT molecular complexity index is 541. The normalized spacial score (nSPS) is 11.0. The number of rotatable bonds is 6. The molecule has 2 rings (SSSR count). The average Bonchev–Trinajstić information content (AvgIpc) is 2.42. The monoisotopic (exact) mass is 287 g/mol. The van der Waals surface area contributed by atoms with Gasteiger partial charge in [0.15, 0.2) is 0 Å². The van der Waals surface area contributed by atoms with Crippen molar-refractivity contribution in [1.82, 2.24) is 15.3 Å². The van der Waals surface area contributed by atoms with Crippen molar-refractivity contribution in [3.63, 3.8) is 0 Å². The molecule has 20 heavy (non-hydrogen) atoms. The smallest absolute Gasteiger partial charge is 0.116 e. The van der Waals surface area contributed by atoms with Gasteiger partial charge >= 0.3 is 0 Å². The first-order chi connectivity index (χ1) is 9.65. The zero-order valence-corrected chi connectivity index (χ0v) is 13.1. The standard InChI is InChI=1S/C16H21N3S/c1-12(2)9-18-10-14-4-5-15(13(3)8-14)20-16-6-7-17-11-19-16/h4-8,11-12,18H,9-10H2,1-3H3. The van der Waals surface area contributed by atoms with Crippen LogP contribution in [0.2, 0.25) is 0 Å². The Balaban J connectivity index is 1.99. The second-order valence-corrected chi connectivity index (χ2v) is 6.34. The predicted octanol–water partition coefficient (Wildman–Crippen LogP) is 3.68. The Labute approximate surface area is 125 Å². The van der Waals surface area contributed by atoms with Crippen molar-refractivity contribution < 1.29 is 0 Å². The van der Waals surface area contributed by atoms with Gasteiger partial charge in [-0.05, 0) is 42.6 Å². The molecule has 0 radical (unpaired) electrons. The minimum absolute atomic E-state index is 0.684. The number of nitrogens with one attached hydrogen (secondary N) is 1. The van der Waals surface area contributed by atoms with Gasteiger partial charge in [0.2, 0.25) is 0 Å². The van der Waals surface area contributed by atoms with E-state index in [1.54, 1.807) is 24.3 Å². The fourth-order valence-corrected chi connectivity index (χ4v) is 2.70. The lowest BCUT2D eigenvalue weighted by Crippen LogP contribution is -2.18. The number of hydrogen-bond donors (Lipinski definition) is 1. The number of hydrogen-bond acceptors (Lipinski definition) is 4. The third-order valence-electron chi connectivity index (χ3n) is 2.89. The van der Waals surface area contributed by atoms with Crippen LogP contribution in [0.25, 0.3) is 0 Å². The minimum Gasteiger partial charge on any atom is -0.312 e. The fourth-order valence-electron chi connectivity index (χ4n) is 1.89. The Morgan fingerprint density at radius 3 is 2.75 bits per heavy atom. The first kappa shape index (κ1) is 15.0. The highest BCUT2D eigenvalue weighted by Crippen LogP contribution is 2.28. The maximum Gasteiger partial charge on any atom is 0.116 e. The third kappa shape index (κ3) is 4.62. The van der Waals surface area contributed by atoms with Crippen molar-refractivity contribution in [1.29, 1.82) is 0 Å². The van der Waals surface area contributed by atoms with Gasteiger partial charge in [-0.25, -0.2) is 9.97 Å². The molecule has 0 amide bonds. The summed E-state index contributed by atoms with van der Waals surface area (Å²) in [6.45, 7) is 8.57. The molecule has 0 spiro atoms. The van der Waals surface area contributed by atoms with Crippen molar-refractivity contribution in [3.05, 3.63) is 47.9 Å². The van der Waals surface area contributed by atoms with Crippen LogP contribution in [0.4, 0.5) is 0 Å². The summed E-state index contributed by atoms with van der Waals surface area (Å²) in [6, 6.07) is 8.54. The van der Waals surface area contributed by atoms with E-state index in [4.69, 9.17) is 0 Å². The molecule has 0 unspecified atom stereocenters. The van der Waals surface area contributed by atoms with Gasteiger partial charge < -0.3 is 5.32 Å². The van der Waals surface area contributed by atoms with Crippen molar-refractivity contribution in [2.75, 3.05) is 6.54 Å². The van der Waals surface area contributed by atoms with Gasteiger partial charge in [-0.3, -0.25) is 0 Å². The number of aryl methyl sites for hydroxylation is 1. The molecule has 0 aliphatic carbocycles. The van der Waals surface area contributed by atoms with E-state index in [0.717, 1.165) is 18.1 Å². The Kier molecular flexibility index (Phi) is 5.56. The summed E-state index contributed by atoms with van der Waals surface area (Å²) in [5.41, 5.74) is 2.62. The SMILES string of the molecule is Cc1cc(CNCC(C)C)ccc1Sc1ccncn1. The van der Waals surface area contributed by atoms with E-state index < -0.39 is 0 Å². The zero-order valence-electron chi connectivity index (χ0n) is 12.3. The predicted molar refractivity (Wildman–Crippen MR) is 83.9 cm³/mol. The summed E-state index contributed by atoms with van der Waals surface area (Å²) in [5, 5.41) is 4.45. The summed E-state index contributed by atoms with van der Waals surface area (Å²) in [6.07, 6.45) is 3.36. The number of aromatic nitrogens is 2. The molecule has 0 fully saturated rings. The zero-order chi connectivity index (χ0) is 14.4. The van der Waals surface area contributed by atoms with E-state index in [0.29, 0.717) is 5.92 Å². The minimum atomic E-state index is 0.684. The largest absolute Gasteiger partial charge is 0.312 e. The maximum absolute atomic E-state index is 4.25. The van der Waals surface area contributed by atoms with E-state index in [9.17, 15) is 0 Å².